The van der Waals surface area contributed by atoms with Crippen molar-refractivity contribution in [3.63, 3.8) is 0 Å². The van der Waals surface area contributed by atoms with Crippen LogP contribution in [0.1, 0.15) is 16.4 Å². The first-order valence-electron chi connectivity index (χ1n) is 6.59. The number of hydrogen-bond acceptors (Lipinski definition) is 3. The Morgan fingerprint density at radius 1 is 1.35 bits per heavy atom. The first-order chi connectivity index (χ1) is 9.74. The van der Waals surface area contributed by atoms with Crippen molar-refractivity contribution in [2.45, 2.75) is 12.3 Å². The summed E-state index contributed by atoms with van der Waals surface area (Å²) in [5.41, 5.74) is 2.15. The molecule has 104 valence electrons. The fourth-order valence-electron chi connectivity index (χ4n) is 2.44. The lowest BCUT2D eigenvalue weighted by Gasteiger charge is -2.10. The molecular weight excluding hydrogens is 292 g/mol. The lowest BCUT2D eigenvalue weighted by molar-refractivity contribution is -0.122. The second-order valence-corrected chi connectivity index (χ2v) is 6.57. The highest BCUT2D eigenvalue weighted by atomic mass is 35.5. The van der Waals surface area contributed by atoms with Gasteiger partial charge in [-0.1, -0.05) is 29.8 Å². The van der Waals surface area contributed by atoms with E-state index in [2.05, 4.69) is 10.6 Å². The van der Waals surface area contributed by atoms with Gasteiger partial charge in [0.1, 0.15) is 0 Å². The highest BCUT2D eigenvalue weighted by Gasteiger charge is 2.27. The Labute approximate surface area is 127 Å². The zero-order valence-electron chi connectivity index (χ0n) is 10.9. The van der Waals surface area contributed by atoms with Crippen LogP contribution in [-0.4, -0.2) is 19.0 Å². The lowest BCUT2D eigenvalue weighted by atomic mass is 10.0. The van der Waals surface area contributed by atoms with Crippen LogP contribution in [0.15, 0.2) is 36.4 Å². The molecule has 1 aromatic carbocycles. The van der Waals surface area contributed by atoms with Crippen molar-refractivity contribution in [3.05, 3.63) is 51.2 Å². The van der Waals surface area contributed by atoms with E-state index in [1.807, 2.05) is 36.4 Å². The standard InChI is InChI=1S/C15H15ClN2OS/c16-14-6-5-10(20-14)7-8-17-15(19)12-9-18-13-4-2-1-3-11(12)13/h1-6,12,18H,7-9H2,(H,17,19). The summed E-state index contributed by atoms with van der Waals surface area (Å²) in [7, 11) is 0. The van der Waals surface area contributed by atoms with Gasteiger partial charge in [-0.3, -0.25) is 4.79 Å². The van der Waals surface area contributed by atoms with Crippen molar-refractivity contribution in [2.75, 3.05) is 18.4 Å². The number of thiophene rings is 1. The predicted molar refractivity (Wildman–Crippen MR) is 83.7 cm³/mol. The largest absolute Gasteiger partial charge is 0.384 e. The second-order valence-electron chi connectivity index (χ2n) is 4.77. The monoisotopic (exact) mass is 306 g/mol. The van der Waals surface area contributed by atoms with Crippen LogP contribution >= 0.6 is 22.9 Å². The average molecular weight is 307 g/mol. The molecule has 3 rings (SSSR count). The Morgan fingerprint density at radius 3 is 3.00 bits per heavy atom. The Kier molecular flexibility index (Phi) is 3.94. The van der Waals surface area contributed by atoms with Gasteiger partial charge in [0, 0.05) is 23.7 Å². The van der Waals surface area contributed by atoms with Crippen LogP contribution in [0.5, 0.6) is 0 Å². The van der Waals surface area contributed by atoms with Crippen LogP contribution < -0.4 is 10.6 Å². The topological polar surface area (TPSA) is 41.1 Å². The summed E-state index contributed by atoms with van der Waals surface area (Å²) < 4.78 is 0.792. The molecule has 1 aliphatic heterocycles. The highest BCUT2D eigenvalue weighted by Crippen LogP contribution is 2.31. The second kappa shape index (κ2) is 5.85. The predicted octanol–water partition coefficient (Wildman–Crippen LogP) is 3.27. The molecular formula is C15H15ClN2OS. The molecule has 20 heavy (non-hydrogen) atoms. The minimum absolute atomic E-state index is 0.0851. The maximum Gasteiger partial charge on any atom is 0.229 e. The van der Waals surface area contributed by atoms with Gasteiger partial charge in [-0.15, -0.1) is 11.3 Å². The van der Waals surface area contributed by atoms with Crippen molar-refractivity contribution in [1.82, 2.24) is 5.32 Å². The van der Waals surface area contributed by atoms with Gasteiger partial charge in [-0.25, -0.2) is 0 Å². The fraction of sp³-hybridized carbons (Fsp3) is 0.267. The lowest BCUT2D eigenvalue weighted by Crippen LogP contribution is -2.31. The molecule has 1 unspecified atom stereocenters. The molecule has 1 aromatic heterocycles. The first kappa shape index (κ1) is 13.5. The number of nitrogens with one attached hydrogen (secondary N) is 2. The van der Waals surface area contributed by atoms with Gasteiger partial charge in [-0.05, 0) is 30.2 Å². The van der Waals surface area contributed by atoms with Gasteiger partial charge in [-0.2, -0.15) is 0 Å². The average Bonchev–Trinajstić information content (AvgIpc) is 3.05. The third-order valence-corrected chi connectivity index (χ3v) is 4.74. The molecule has 1 atom stereocenters. The number of halogens is 1. The molecule has 2 aromatic rings. The first-order valence-corrected chi connectivity index (χ1v) is 7.78. The fourth-order valence-corrected chi connectivity index (χ4v) is 3.52. The molecule has 0 fully saturated rings. The van der Waals surface area contributed by atoms with E-state index in [1.165, 1.54) is 4.88 Å². The molecule has 0 spiro atoms. The Balaban J connectivity index is 1.55. The summed E-state index contributed by atoms with van der Waals surface area (Å²) >= 11 is 7.45. The van der Waals surface area contributed by atoms with Crippen LogP contribution in [0.25, 0.3) is 0 Å². The third-order valence-electron chi connectivity index (χ3n) is 3.45. The molecule has 1 aliphatic rings. The summed E-state index contributed by atoms with van der Waals surface area (Å²) in [5.74, 6) is 0.00299. The van der Waals surface area contributed by atoms with Crippen molar-refractivity contribution in [3.8, 4) is 0 Å². The van der Waals surface area contributed by atoms with E-state index in [1.54, 1.807) is 11.3 Å². The molecule has 1 amide bonds. The summed E-state index contributed by atoms with van der Waals surface area (Å²) in [5, 5.41) is 6.27. The molecule has 0 bridgehead atoms. The number of fused-ring (bicyclic) bond motifs is 1. The van der Waals surface area contributed by atoms with E-state index in [-0.39, 0.29) is 11.8 Å². The minimum Gasteiger partial charge on any atom is -0.384 e. The summed E-state index contributed by atoms with van der Waals surface area (Å²) in [6.45, 7) is 1.32. The summed E-state index contributed by atoms with van der Waals surface area (Å²) in [6.07, 6.45) is 0.824. The molecule has 2 heterocycles. The van der Waals surface area contributed by atoms with Crippen LogP contribution in [0.4, 0.5) is 5.69 Å². The Morgan fingerprint density at radius 2 is 2.20 bits per heavy atom. The van der Waals surface area contributed by atoms with Crippen LogP contribution in [-0.2, 0) is 11.2 Å². The van der Waals surface area contributed by atoms with Gasteiger partial charge in [0.15, 0.2) is 0 Å². The number of amides is 1. The van der Waals surface area contributed by atoms with E-state index in [9.17, 15) is 4.79 Å². The van der Waals surface area contributed by atoms with Crippen LogP contribution in [0.2, 0.25) is 4.34 Å². The highest BCUT2D eigenvalue weighted by molar-refractivity contribution is 7.16. The van der Waals surface area contributed by atoms with Gasteiger partial charge in [0.25, 0.3) is 0 Å². The normalized spacial score (nSPS) is 16.6. The SMILES string of the molecule is O=C(NCCc1ccc(Cl)s1)C1CNc2ccccc21. The molecule has 0 saturated carbocycles. The summed E-state index contributed by atoms with van der Waals surface area (Å²) in [6, 6.07) is 11.9. The van der Waals surface area contributed by atoms with E-state index in [0.717, 1.165) is 22.0 Å². The number of carbonyl (C=O) groups is 1. The molecule has 0 radical (unpaired) electrons. The third kappa shape index (κ3) is 2.81. The van der Waals surface area contributed by atoms with Crippen molar-refractivity contribution in [2.24, 2.45) is 0 Å². The van der Waals surface area contributed by atoms with Crippen molar-refractivity contribution in [1.29, 1.82) is 0 Å². The zero-order chi connectivity index (χ0) is 13.9. The smallest absolute Gasteiger partial charge is 0.229 e. The van der Waals surface area contributed by atoms with E-state index in [4.69, 9.17) is 11.6 Å². The van der Waals surface area contributed by atoms with Gasteiger partial charge in [0.05, 0.1) is 10.3 Å². The quantitative estimate of drug-likeness (QED) is 0.910. The number of hydrogen-bond donors (Lipinski definition) is 2. The molecule has 3 nitrogen and oxygen atoms in total. The van der Waals surface area contributed by atoms with E-state index in [0.29, 0.717) is 13.1 Å². The number of para-hydroxylation sites is 1. The number of carbonyl (C=O) groups excluding carboxylic acids is 1. The van der Waals surface area contributed by atoms with Crippen molar-refractivity contribution >= 4 is 34.5 Å². The van der Waals surface area contributed by atoms with Crippen molar-refractivity contribution < 1.29 is 4.79 Å². The molecule has 2 N–H and O–H groups in total. The maximum atomic E-state index is 12.2. The maximum absolute atomic E-state index is 12.2. The van der Waals surface area contributed by atoms with E-state index >= 15 is 0 Å². The molecule has 0 aliphatic carbocycles. The van der Waals surface area contributed by atoms with Gasteiger partial charge in [0.2, 0.25) is 5.91 Å². The minimum atomic E-state index is -0.0851. The van der Waals surface area contributed by atoms with Crippen LogP contribution in [0.3, 0.4) is 0 Å². The van der Waals surface area contributed by atoms with Crippen LogP contribution in [0, 0.1) is 0 Å². The number of benzene rings is 1. The summed E-state index contributed by atoms with van der Waals surface area (Å²) in [4.78, 5) is 13.4. The Bertz CT molecular complexity index is 626. The molecule has 5 heteroatoms. The number of anilines is 1. The van der Waals surface area contributed by atoms with E-state index < -0.39 is 0 Å². The Hall–Kier alpha value is -1.52. The molecule has 0 saturated heterocycles. The van der Waals surface area contributed by atoms with Gasteiger partial charge >= 0.3 is 0 Å². The van der Waals surface area contributed by atoms with Gasteiger partial charge < -0.3 is 10.6 Å². The number of rotatable bonds is 4. The zero-order valence-corrected chi connectivity index (χ0v) is 12.4.